The molecule has 0 atom stereocenters. The van der Waals surface area contributed by atoms with Gasteiger partial charge in [-0.25, -0.2) is 8.42 Å². The predicted molar refractivity (Wildman–Crippen MR) is 89.5 cm³/mol. The third kappa shape index (κ3) is 4.56. The minimum absolute atomic E-state index is 0.0446. The fourth-order valence-corrected chi connectivity index (χ4v) is 2.86. The topological polar surface area (TPSA) is 72.5 Å². The van der Waals surface area contributed by atoms with Crippen molar-refractivity contribution in [3.63, 3.8) is 0 Å². The van der Waals surface area contributed by atoms with Crippen LogP contribution in [0.4, 0.5) is 5.69 Å². The Hall–Kier alpha value is -2.34. The van der Waals surface area contributed by atoms with E-state index in [1.807, 2.05) is 25.1 Å². The number of para-hydroxylation sites is 1. The van der Waals surface area contributed by atoms with Gasteiger partial charge in [-0.3, -0.25) is 4.79 Å². The smallest absolute Gasteiger partial charge is 0.262 e. The quantitative estimate of drug-likeness (QED) is 0.882. The van der Waals surface area contributed by atoms with Crippen LogP contribution in [-0.4, -0.2) is 26.7 Å². The molecule has 0 radical (unpaired) electrons. The van der Waals surface area contributed by atoms with Gasteiger partial charge in [-0.15, -0.1) is 0 Å². The first-order valence-corrected chi connectivity index (χ1v) is 8.88. The Balaban J connectivity index is 1.94. The number of carbonyl (C=O) groups is 1. The molecule has 5 nitrogen and oxygen atoms in total. The van der Waals surface area contributed by atoms with E-state index in [1.54, 1.807) is 25.1 Å². The van der Waals surface area contributed by atoms with E-state index >= 15 is 0 Å². The average molecular weight is 333 g/mol. The Kier molecular flexibility index (Phi) is 5.39. The fraction of sp³-hybridized carbons (Fsp3) is 0.235. The maximum Gasteiger partial charge on any atom is 0.262 e. The molecule has 1 N–H and O–H groups in total. The van der Waals surface area contributed by atoms with Crippen molar-refractivity contribution in [2.75, 3.05) is 17.7 Å². The standard InChI is InChI=1S/C17H19NO4S/c1-3-23(20,21)15-10-8-14(9-11-15)18-17(19)12-22-16-7-5-4-6-13(16)2/h4-11H,3,12H2,1-2H3,(H,18,19). The minimum atomic E-state index is -3.23. The summed E-state index contributed by atoms with van der Waals surface area (Å²) in [5.41, 5.74) is 1.48. The molecule has 1 amide bonds. The number of benzene rings is 2. The molecule has 2 aromatic carbocycles. The number of nitrogens with one attached hydrogen (secondary N) is 1. The third-order valence-corrected chi connectivity index (χ3v) is 5.08. The highest BCUT2D eigenvalue weighted by atomic mass is 32.2. The number of rotatable bonds is 6. The number of ether oxygens (including phenoxy) is 1. The van der Waals surface area contributed by atoms with Gasteiger partial charge < -0.3 is 10.1 Å². The summed E-state index contributed by atoms with van der Waals surface area (Å²) in [6.07, 6.45) is 0. The largest absolute Gasteiger partial charge is 0.483 e. The second-order valence-corrected chi connectivity index (χ2v) is 7.31. The molecule has 0 unspecified atom stereocenters. The van der Waals surface area contributed by atoms with Crippen LogP contribution in [0.1, 0.15) is 12.5 Å². The van der Waals surface area contributed by atoms with Crippen molar-refractivity contribution in [3.8, 4) is 5.75 Å². The van der Waals surface area contributed by atoms with Gasteiger partial charge in [0.2, 0.25) is 0 Å². The fourth-order valence-electron chi connectivity index (χ4n) is 1.97. The second-order valence-electron chi connectivity index (χ2n) is 5.03. The first kappa shape index (κ1) is 17.0. The first-order chi connectivity index (χ1) is 10.9. The summed E-state index contributed by atoms with van der Waals surface area (Å²) in [4.78, 5) is 12.1. The highest BCUT2D eigenvalue weighted by Gasteiger charge is 2.11. The third-order valence-electron chi connectivity index (χ3n) is 3.33. The summed E-state index contributed by atoms with van der Waals surface area (Å²) in [5, 5.41) is 2.67. The first-order valence-electron chi connectivity index (χ1n) is 7.23. The van der Waals surface area contributed by atoms with Gasteiger partial charge in [0.05, 0.1) is 10.6 Å². The van der Waals surface area contributed by atoms with E-state index in [0.717, 1.165) is 5.56 Å². The lowest BCUT2D eigenvalue weighted by molar-refractivity contribution is -0.118. The lowest BCUT2D eigenvalue weighted by atomic mass is 10.2. The molecule has 0 heterocycles. The molecule has 0 spiro atoms. The van der Waals surface area contributed by atoms with Gasteiger partial charge in [-0.2, -0.15) is 0 Å². The Labute approximate surface area is 136 Å². The van der Waals surface area contributed by atoms with Crippen molar-refractivity contribution in [1.82, 2.24) is 0 Å². The van der Waals surface area contributed by atoms with Gasteiger partial charge in [0, 0.05) is 5.69 Å². The van der Waals surface area contributed by atoms with Gasteiger partial charge in [-0.05, 0) is 42.8 Å². The molecule has 2 rings (SSSR count). The maximum absolute atomic E-state index is 11.9. The number of hydrogen-bond donors (Lipinski definition) is 1. The normalized spacial score (nSPS) is 11.0. The molecule has 0 aliphatic carbocycles. The minimum Gasteiger partial charge on any atom is -0.483 e. The summed E-state index contributed by atoms with van der Waals surface area (Å²) >= 11 is 0. The number of anilines is 1. The summed E-state index contributed by atoms with van der Waals surface area (Å²) in [5.74, 6) is 0.398. The molecular weight excluding hydrogens is 314 g/mol. The summed E-state index contributed by atoms with van der Waals surface area (Å²) in [6.45, 7) is 3.38. The molecule has 0 saturated heterocycles. The van der Waals surface area contributed by atoms with Crippen molar-refractivity contribution in [2.24, 2.45) is 0 Å². The predicted octanol–water partition coefficient (Wildman–Crippen LogP) is 2.81. The van der Waals surface area contributed by atoms with Crippen LogP contribution in [0.15, 0.2) is 53.4 Å². The molecule has 2 aromatic rings. The van der Waals surface area contributed by atoms with Crippen LogP contribution in [0.3, 0.4) is 0 Å². The van der Waals surface area contributed by atoms with Gasteiger partial charge in [0.15, 0.2) is 16.4 Å². The highest BCUT2D eigenvalue weighted by molar-refractivity contribution is 7.91. The van der Waals surface area contributed by atoms with Gasteiger partial charge in [0.25, 0.3) is 5.91 Å². The number of aryl methyl sites for hydroxylation is 1. The van der Waals surface area contributed by atoms with Crippen molar-refractivity contribution in [3.05, 3.63) is 54.1 Å². The van der Waals surface area contributed by atoms with Crippen molar-refractivity contribution >= 4 is 21.4 Å². The summed E-state index contributed by atoms with van der Waals surface area (Å²) in [6, 6.07) is 13.5. The zero-order chi connectivity index (χ0) is 16.9. The van der Waals surface area contributed by atoms with Crippen molar-refractivity contribution < 1.29 is 17.9 Å². The number of sulfone groups is 1. The Morgan fingerprint density at radius 3 is 2.35 bits per heavy atom. The zero-order valence-corrected chi connectivity index (χ0v) is 13.9. The molecule has 0 fully saturated rings. The Morgan fingerprint density at radius 2 is 1.74 bits per heavy atom. The highest BCUT2D eigenvalue weighted by Crippen LogP contribution is 2.17. The van der Waals surface area contributed by atoms with E-state index in [9.17, 15) is 13.2 Å². The van der Waals surface area contributed by atoms with Crippen LogP contribution in [0, 0.1) is 6.92 Å². The lowest BCUT2D eigenvalue weighted by Crippen LogP contribution is -2.20. The maximum atomic E-state index is 11.9. The van der Waals surface area contributed by atoms with E-state index in [4.69, 9.17) is 4.74 Å². The Morgan fingerprint density at radius 1 is 1.09 bits per heavy atom. The second kappa shape index (κ2) is 7.28. The van der Waals surface area contributed by atoms with Crippen LogP contribution in [0.2, 0.25) is 0 Å². The molecular formula is C17H19NO4S. The molecule has 122 valence electrons. The molecule has 0 aromatic heterocycles. The Bertz CT molecular complexity index is 782. The van der Waals surface area contributed by atoms with E-state index in [-0.39, 0.29) is 23.2 Å². The van der Waals surface area contributed by atoms with Gasteiger partial charge in [-0.1, -0.05) is 25.1 Å². The number of carbonyl (C=O) groups excluding carboxylic acids is 1. The monoisotopic (exact) mass is 333 g/mol. The van der Waals surface area contributed by atoms with Gasteiger partial charge in [0.1, 0.15) is 5.75 Å². The van der Waals surface area contributed by atoms with Crippen LogP contribution < -0.4 is 10.1 Å². The average Bonchev–Trinajstić information content (AvgIpc) is 2.54. The van der Waals surface area contributed by atoms with Crippen molar-refractivity contribution in [1.29, 1.82) is 0 Å². The van der Waals surface area contributed by atoms with E-state index < -0.39 is 9.84 Å². The SMILES string of the molecule is CCS(=O)(=O)c1ccc(NC(=O)COc2ccccc2C)cc1. The molecule has 0 saturated carbocycles. The molecule has 0 aliphatic rings. The van der Waals surface area contributed by atoms with Crippen molar-refractivity contribution in [2.45, 2.75) is 18.7 Å². The zero-order valence-electron chi connectivity index (χ0n) is 13.1. The molecule has 23 heavy (non-hydrogen) atoms. The summed E-state index contributed by atoms with van der Waals surface area (Å²) < 4.78 is 28.9. The van der Waals surface area contributed by atoms with E-state index in [2.05, 4.69) is 5.32 Å². The molecule has 6 heteroatoms. The van der Waals surface area contributed by atoms with Gasteiger partial charge >= 0.3 is 0 Å². The molecule has 0 bridgehead atoms. The summed E-state index contributed by atoms with van der Waals surface area (Å²) in [7, 11) is -3.23. The van der Waals surface area contributed by atoms with Crippen LogP contribution >= 0.6 is 0 Å². The van der Waals surface area contributed by atoms with E-state index in [0.29, 0.717) is 11.4 Å². The molecule has 0 aliphatic heterocycles. The van der Waals surface area contributed by atoms with Crippen LogP contribution in [-0.2, 0) is 14.6 Å². The number of amides is 1. The van der Waals surface area contributed by atoms with Crippen LogP contribution in [0.25, 0.3) is 0 Å². The van der Waals surface area contributed by atoms with E-state index in [1.165, 1.54) is 12.1 Å². The number of hydrogen-bond acceptors (Lipinski definition) is 4. The van der Waals surface area contributed by atoms with Crippen LogP contribution in [0.5, 0.6) is 5.75 Å². The lowest BCUT2D eigenvalue weighted by Gasteiger charge is -2.10.